The van der Waals surface area contributed by atoms with Crippen LogP contribution in [0.15, 0.2) is 30.3 Å². The zero-order chi connectivity index (χ0) is 13.8. The first kappa shape index (κ1) is 13.7. The van der Waals surface area contributed by atoms with Crippen LogP contribution in [0.1, 0.15) is 36.3 Å². The second-order valence-corrected chi connectivity index (χ2v) is 4.95. The Morgan fingerprint density at radius 1 is 1.32 bits per heavy atom. The number of aryl methyl sites for hydroxylation is 1. The molecule has 0 saturated heterocycles. The third kappa shape index (κ3) is 3.38. The third-order valence-electron chi connectivity index (χ3n) is 3.19. The van der Waals surface area contributed by atoms with Gasteiger partial charge in [-0.1, -0.05) is 13.0 Å². The fraction of sp³-hybridized carbons (Fsp3) is 0.375. The molecule has 1 atom stereocenters. The van der Waals surface area contributed by atoms with Crippen LogP contribution in [0.5, 0.6) is 0 Å². The van der Waals surface area contributed by atoms with Crippen molar-refractivity contribution < 1.29 is 4.79 Å². The van der Waals surface area contributed by atoms with Gasteiger partial charge >= 0.3 is 0 Å². The maximum Gasteiger partial charge on any atom is 0.164 e. The molecule has 1 aromatic carbocycles. The van der Waals surface area contributed by atoms with Gasteiger partial charge in [-0.15, -0.1) is 0 Å². The van der Waals surface area contributed by atoms with Gasteiger partial charge in [-0.3, -0.25) is 9.78 Å². The van der Waals surface area contributed by atoms with Crippen LogP contribution in [0.3, 0.4) is 0 Å². The van der Waals surface area contributed by atoms with E-state index in [9.17, 15) is 4.79 Å². The molecule has 1 heterocycles. The van der Waals surface area contributed by atoms with Crippen molar-refractivity contribution in [2.45, 2.75) is 33.2 Å². The molecule has 2 rings (SSSR count). The van der Waals surface area contributed by atoms with Gasteiger partial charge in [0, 0.05) is 29.1 Å². The van der Waals surface area contributed by atoms with E-state index < -0.39 is 0 Å². The van der Waals surface area contributed by atoms with Crippen LogP contribution >= 0.6 is 0 Å². The van der Waals surface area contributed by atoms with Gasteiger partial charge in [0.15, 0.2) is 5.78 Å². The molecule has 1 aromatic heterocycles. The number of carbonyl (C=O) groups excluding carboxylic acids is 1. The van der Waals surface area contributed by atoms with Gasteiger partial charge in [-0.05, 0) is 44.7 Å². The first-order valence-electron chi connectivity index (χ1n) is 6.74. The highest BCUT2D eigenvalue weighted by atomic mass is 16.1. The monoisotopic (exact) mass is 256 g/mol. The van der Waals surface area contributed by atoms with Gasteiger partial charge in [0.2, 0.25) is 0 Å². The largest absolute Gasteiger partial charge is 0.314 e. The molecular weight excluding hydrogens is 236 g/mol. The van der Waals surface area contributed by atoms with Crippen molar-refractivity contribution in [3.8, 4) is 0 Å². The van der Waals surface area contributed by atoms with Crippen molar-refractivity contribution in [1.29, 1.82) is 0 Å². The zero-order valence-electron chi connectivity index (χ0n) is 11.7. The number of aromatic nitrogens is 1. The Balaban J connectivity index is 2.21. The molecular formula is C16H20N2O. The topological polar surface area (TPSA) is 42.0 Å². The van der Waals surface area contributed by atoms with E-state index in [1.54, 1.807) is 0 Å². The highest BCUT2D eigenvalue weighted by Gasteiger charge is 2.11. The number of fused-ring (bicyclic) bond motifs is 1. The van der Waals surface area contributed by atoms with Gasteiger partial charge in [-0.25, -0.2) is 0 Å². The van der Waals surface area contributed by atoms with Gasteiger partial charge in [-0.2, -0.15) is 0 Å². The Labute approximate surface area is 114 Å². The van der Waals surface area contributed by atoms with Crippen LogP contribution in [-0.2, 0) is 0 Å². The normalized spacial score (nSPS) is 12.6. The van der Waals surface area contributed by atoms with E-state index in [0.29, 0.717) is 6.42 Å². The first-order valence-corrected chi connectivity index (χ1v) is 6.74. The second-order valence-electron chi connectivity index (χ2n) is 4.95. The van der Waals surface area contributed by atoms with Gasteiger partial charge in [0.1, 0.15) is 0 Å². The predicted octanol–water partition coefficient (Wildman–Crippen LogP) is 3.11. The molecule has 3 nitrogen and oxygen atoms in total. The molecule has 0 fully saturated rings. The van der Waals surface area contributed by atoms with Crippen LogP contribution in [-0.4, -0.2) is 23.4 Å². The second kappa shape index (κ2) is 5.93. The van der Waals surface area contributed by atoms with Crippen LogP contribution in [0.4, 0.5) is 0 Å². The quantitative estimate of drug-likeness (QED) is 0.836. The van der Waals surface area contributed by atoms with Crippen molar-refractivity contribution >= 4 is 16.7 Å². The average molecular weight is 256 g/mol. The van der Waals surface area contributed by atoms with Crippen LogP contribution in [0.2, 0.25) is 0 Å². The maximum atomic E-state index is 12.2. The van der Waals surface area contributed by atoms with E-state index in [1.807, 2.05) is 51.1 Å². The number of rotatable bonds is 5. The number of hydrogen-bond acceptors (Lipinski definition) is 3. The molecule has 2 aromatic rings. The van der Waals surface area contributed by atoms with E-state index in [-0.39, 0.29) is 11.8 Å². The van der Waals surface area contributed by atoms with Gasteiger partial charge in [0.05, 0.1) is 5.52 Å². The molecule has 0 saturated carbocycles. The minimum Gasteiger partial charge on any atom is -0.314 e. The predicted molar refractivity (Wildman–Crippen MR) is 78.6 cm³/mol. The van der Waals surface area contributed by atoms with E-state index in [1.165, 1.54) is 0 Å². The standard InChI is InChI=1S/C16H20N2O/c1-4-17-12(3)9-16(19)14-7-8-15-13(10-14)6-5-11(2)18-15/h5-8,10,12,17H,4,9H2,1-3H3. The number of nitrogens with one attached hydrogen (secondary N) is 1. The minimum atomic E-state index is 0.177. The van der Waals surface area contributed by atoms with Gasteiger partial charge in [0.25, 0.3) is 0 Å². The van der Waals surface area contributed by atoms with E-state index in [2.05, 4.69) is 10.3 Å². The van der Waals surface area contributed by atoms with Crippen molar-refractivity contribution in [2.75, 3.05) is 6.54 Å². The van der Waals surface area contributed by atoms with Crippen LogP contribution < -0.4 is 5.32 Å². The summed E-state index contributed by atoms with van der Waals surface area (Å²) in [5.74, 6) is 0.177. The summed E-state index contributed by atoms with van der Waals surface area (Å²) in [4.78, 5) is 16.6. The van der Waals surface area contributed by atoms with Crippen molar-refractivity contribution in [3.05, 3.63) is 41.6 Å². The molecule has 3 heteroatoms. The number of nitrogens with zero attached hydrogens (tertiary/aromatic N) is 1. The lowest BCUT2D eigenvalue weighted by Gasteiger charge is -2.11. The Morgan fingerprint density at radius 3 is 2.84 bits per heavy atom. The molecule has 0 aliphatic rings. The lowest BCUT2D eigenvalue weighted by atomic mass is 10.0. The summed E-state index contributed by atoms with van der Waals surface area (Å²) < 4.78 is 0. The number of hydrogen-bond donors (Lipinski definition) is 1. The highest BCUT2D eigenvalue weighted by Crippen LogP contribution is 2.16. The molecule has 100 valence electrons. The molecule has 1 unspecified atom stereocenters. The summed E-state index contributed by atoms with van der Waals surface area (Å²) in [6, 6.07) is 9.93. The Hall–Kier alpha value is -1.74. The average Bonchev–Trinajstić information content (AvgIpc) is 2.38. The summed E-state index contributed by atoms with van der Waals surface area (Å²) in [6.45, 7) is 6.93. The minimum absolute atomic E-state index is 0.177. The van der Waals surface area contributed by atoms with E-state index >= 15 is 0 Å². The fourth-order valence-electron chi connectivity index (χ4n) is 2.22. The van der Waals surface area contributed by atoms with E-state index in [4.69, 9.17) is 0 Å². The number of ketones is 1. The van der Waals surface area contributed by atoms with Gasteiger partial charge < -0.3 is 5.32 Å². The molecule has 19 heavy (non-hydrogen) atoms. The summed E-state index contributed by atoms with van der Waals surface area (Å²) in [7, 11) is 0. The fourth-order valence-corrected chi connectivity index (χ4v) is 2.22. The molecule has 0 aliphatic carbocycles. The molecule has 0 amide bonds. The summed E-state index contributed by atoms with van der Waals surface area (Å²) >= 11 is 0. The number of Topliss-reactive ketones (excluding diaryl/α,β-unsaturated/α-hetero) is 1. The molecule has 1 N–H and O–H groups in total. The van der Waals surface area contributed by atoms with Crippen LogP contribution in [0.25, 0.3) is 10.9 Å². The molecule has 0 bridgehead atoms. The first-order chi connectivity index (χ1) is 9.10. The van der Waals surface area contributed by atoms with Crippen molar-refractivity contribution in [3.63, 3.8) is 0 Å². The molecule has 0 aliphatic heterocycles. The van der Waals surface area contributed by atoms with Crippen molar-refractivity contribution in [2.24, 2.45) is 0 Å². The summed E-state index contributed by atoms with van der Waals surface area (Å²) in [6.07, 6.45) is 0.526. The van der Waals surface area contributed by atoms with Crippen molar-refractivity contribution in [1.82, 2.24) is 10.3 Å². The van der Waals surface area contributed by atoms with E-state index in [0.717, 1.165) is 28.7 Å². The molecule has 0 radical (unpaired) electrons. The maximum absolute atomic E-state index is 12.2. The lowest BCUT2D eigenvalue weighted by Crippen LogP contribution is -2.28. The number of carbonyl (C=O) groups is 1. The summed E-state index contributed by atoms with van der Waals surface area (Å²) in [5.41, 5.74) is 2.70. The highest BCUT2D eigenvalue weighted by molar-refractivity contribution is 5.99. The zero-order valence-corrected chi connectivity index (χ0v) is 11.7. The Bertz CT molecular complexity index is 592. The third-order valence-corrected chi connectivity index (χ3v) is 3.19. The SMILES string of the molecule is CCNC(C)CC(=O)c1ccc2nc(C)ccc2c1. The Morgan fingerprint density at radius 2 is 2.11 bits per heavy atom. The number of pyridine rings is 1. The Kier molecular flexibility index (Phi) is 4.27. The molecule has 0 spiro atoms. The summed E-state index contributed by atoms with van der Waals surface area (Å²) in [5, 5.41) is 4.28. The number of benzene rings is 1. The van der Waals surface area contributed by atoms with Crippen LogP contribution in [0, 0.1) is 6.92 Å². The lowest BCUT2D eigenvalue weighted by molar-refractivity contribution is 0.0972. The smallest absolute Gasteiger partial charge is 0.164 e.